The molecule has 0 spiro atoms. The third-order valence-corrected chi connectivity index (χ3v) is 14.8. The molecule has 4 atom stereocenters. The van der Waals surface area contributed by atoms with Gasteiger partial charge in [0.15, 0.2) is 11.2 Å². The highest BCUT2D eigenvalue weighted by atomic mass is 28.3. The number of imide groups is 1. The van der Waals surface area contributed by atoms with Crippen LogP contribution in [0.4, 0.5) is 15.4 Å². The number of pyridine rings is 1. The van der Waals surface area contributed by atoms with E-state index in [1.165, 1.54) is 0 Å². The molecule has 17 heteroatoms. The Hall–Kier alpha value is -4.33. The second-order valence-electron chi connectivity index (χ2n) is 20.0. The van der Waals surface area contributed by atoms with Gasteiger partial charge >= 0.3 is 12.1 Å². The normalized spacial score (nSPS) is 21.9. The number of piperidine rings is 1. The zero-order valence-corrected chi connectivity index (χ0v) is 39.6. The Labute approximate surface area is 357 Å². The number of carbonyl (C=O) groups is 3. The average Bonchev–Trinajstić information content (AvgIpc) is 3.78. The van der Waals surface area contributed by atoms with Crippen molar-refractivity contribution in [1.82, 2.24) is 35.1 Å². The Balaban J connectivity index is 1.49. The summed E-state index contributed by atoms with van der Waals surface area (Å²) in [4.78, 5) is 52.6. The average molecular weight is 863 g/mol. The molecule has 0 aromatic carbocycles. The number of nitrogens with one attached hydrogen (secondary N) is 2. The van der Waals surface area contributed by atoms with Crippen molar-refractivity contribution in [1.29, 1.82) is 0 Å². The molecule has 3 aromatic heterocycles. The zero-order chi connectivity index (χ0) is 43.8. The molecule has 0 saturated carbocycles. The van der Waals surface area contributed by atoms with Crippen molar-refractivity contribution in [2.45, 2.75) is 141 Å². The topological polar surface area (TPSA) is 162 Å². The molecule has 2 unspecified atom stereocenters. The van der Waals surface area contributed by atoms with Gasteiger partial charge in [-0.1, -0.05) is 51.9 Å². The van der Waals surface area contributed by atoms with Crippen molar-refractivity contribution < 1.29 is 33.3 Å². The molecule has 3 aliphatic heterocycles. The predicted octanol–water partition coefficient (Wildman–Crippen LogP) is 7.93. The molecular weight excluding hydrogens is 797 g/mol. The molecule has 0 aliphatic carbocycles. The minimum atomic E-state index is -1.39. The Morgan fingerprint density at radius 1 is 0.983 bits per heavy atom. The summed E-state index contributed by atoms with van der Waals surface area (Å²) in [6.45, 7) is 29.9. The molecular formula is C43H66N8O7Si2. The number of aromatic nitrogens is 4. The lowest BCUT2D eigenvalue weighted by molar-refractivity contribution is -0.123. The van der Waals surface area contributed by atoms with Crippen LogP contribution in [0, 0.1) is 0 Å². The molecule has 328 valence electrons. The maximum Gasteiger partial charge on any atom is 0.410 e. The standard InChI is InChI=1S/C43H66N8O7Si2/c1-13-57-28(2)35-36(30-22-31-15-16-32(23-30)50(31)41(54)58-42(3,4)5)46-37-33(29-14-17-34(44-24-29)43(6)39(52)47-40(53)48-43)25-45-51(37)38(35)49(26-55-18-20-59(7,8)9)27-56-19-21-60(10,11)12/h14,17,24-25,30-32H,2,13,15-16,18-23,26-27H2,1,3-12H3,(H2,47,48,52,53)/t30?,31-,32+,43?. The van der Waals surface area contributed by atoms with Gasteiger partial charge in [-0.25, -0.2) is 14.6 Å². The quantitative estimate of drug-likeness (QED) is 0.0446. The first kappa shape index (κ1) is 45.2. The van der Waals surface area contributed by atoms with Crippen molar-refractivity contribution in [2.24, 2.45) is 0 Å². The summed E-state index contributed by atoms with van der Waals surface area (Å²) in [7, 11) is -2.77. The van der Waals surface area contributed by atoms with Gasteiger partial charge in [0.25, 0.3) is 5.91 Å². The van der Waals surface area contributed by atoms with E-state index in [-0.39, 0.29) is 37.6 Å². The van der Waals surface area contributed by atoms with E-state index in [1.54, 1.807) is 25.4 Å². The fourth-order valence-electron chi connectivity index (χ4n) is 8.15. The van der Waals surface area contributed by atoms with Crippen LogP contribution < -0.4 is 15.5 Å². The van der Waals surface area contributed by atoms with Crippen LogP contribution in [-0.2, 0) is 29.3 Å². The summed E-state index contributed by atoms with van der Waals surface area (Å²) < 4.78 is 27.0. The van der Waals surface area contributed by atoms with Gasteiger partial charge in [0.1, 0.15) is 30.6 Å². The number of ether oxygens (including phenoxy) is 4. The summed E-state index contributed by atoms with van der Waals surface area (Å²) in [5.41, 5.74) is 2.10. The highest BCUT2D eigenvalue weighted by Gasteiger charge is 2.47. The van der Waals surface area contributed by atoms with Gasteiger partial charge in [0, 0.05) is 64.7 Å². The van der Waals surface area contributed by atoms with Crippen LogP contribution in [0.1, 0.15) is 83.2 Å². The van der Waals surface area contributed by atoms with Crippen LogP contribution in [0.5, 0.6) is 0 Å². The molecule has 2 N–H and O–H groups in total. The van der Waals surface area contributed by atoms with Gasteiger partial charge in [0.2, 0.25) is 0 Å². The molecule has 2 bridgehead atoms. The van der Waals surface area contributed by atoms with Crippen molar-refractivity contribution in [3.8, 4) is 11.1 Å². The molecule has 15 nitrogen and oxygen atoms in total. The summed E-state index contributed by atoms with van der Waals surface area (Å²) in [5, 5.41) is 9.99. The lowest BCUT2D eigenvalue weighted by atomic mass is 9.85. The molecule has 6 rings (SSSR count). The smallest absolute Gasteiger partial charge is 0.410 e. The van der Waals surface area contributed by atoms with E-state index in [2.05, 4.69) is 66.4 Å². The number of fused-ring (bicyclic) bond motifs is 3. The maximum absolute atomic E-state index is 13.6. The highest BCUT2D eigenvalue weighted by molar-refractivity contribution is 6.76. The first-order valence-corrected chi connectivity index (χ1v) is 28.8. The van der Waals surface area contributed by atoms with Gasteiger partial charge in [-0.15, -0.1) is 0 Å². The van der Waals surface area contributed by atoms with Crippen LogP contribution >= 0.6 is 0 Å². The largest absolute Gasteiger partial charge is 0.494 e. The van der Waals surface area contributed by atoms with Crippen molar-refractivity contribution in [2.75, 3.05) is 38.2 Å². The molecule has 3 fully saturated rings. The summed E-state index contributed by atoms with van der Waals surface area (Å²) in [6.07, 6.45) is 6.33. The molecule has 4 amide bonds. The molecule has 3 aliphatic rings. The number of anilines is 1. The molecule has 6 heterocycles. The van der Waals surface area contributed by atoms with E-state index in [4.69, 9.17) is 29.0 Å². The van der Waals surface area contributed by atoms with Crippen LogP contribution in [0.2, 0.25) is 51.4 Å². The minimum Gasteiger partial charge on any atom is -0.494 e. The monoisotopic (exact) mass is 862 g/mol. The Morgan fingerprint density at radius 3 is 2.10 bits per heavy atom. The number of urea groups is 1. The second kappa shape index (κ2) is 17.6. The van der Waals surface area contributed by atoms with Crippen molar-refractivity contribution >= 4 is 51.4 Å². The van der Waals surface area contributed by atoms with E-state index >= 15 is 0 Å². The minimum absolute atomic E-state index is 0.0139. The van der Waals surface area contributed by atoms with Crippen molar-refractivity contribution in [3.63, 3.8) is 0 Å². The Kier molecular flexibility index (Phi) is 13.2. The number of amides is 4. The first-order valence-electron chi connectivity index (χ1n) is 21.3. The van der Waals surface area contributed by atoms with E-state index in [1.807, 2.05) is 43.2 Å². The third-order valence-electron chi connectivity index (χ3n) is 11.4. The van der Waals surface area contributed by atoms with Crippen LogP contribution in [-0.4, -0.2) is 110 Å². The van der Waals surface area contributed by atoms with Crippen LogP contribution in [0.3, 0.4) is 0 Å². The number of rotatable bonds is 17. The fourth-order valence-corrected chi connectivity index (χ4v) is 9.66. The predicted molar refractivity (Wildman–Crippen MR) is 238 cm³/mol. The number of carbonyl (C=O) groups excluding carboxylic acids is 3. The fraction of sp³-hybridized carbons (Fsp3) is 0.628. The summed E-state index contributed by atoms with van der Waals surface area (Å²) in [5.74, 6) is 0.659. The summed E-state index contributed by atoms with van der Waals surface area (Å²) >= 11 is 0. The van der Waals surface area contributed by atoms with E-state index in [9.17, 15) is 14.4 Å². The van der Waals surface area contributed by atoms with E-state index in [0.717, 1.165) is 47.3 Å². The zero-order valence-electron chi connectivity index (χ0n) is 37.6. The third kappa shape index (κ3) is 10.2. The SMILES string of the molecule is C=C(OCC)c1c(C2C[C@H]3CC[C@@H](C2)N3C(=O)OC(C)(C)C)nc2c(-c3ccc(C4(C)NC(=O)NC4=O)nc3)cnn2c1N(COCC[Si](C)(C)C)COCC[Si](C)(C)C. The van der Waals surface area contributed by atoms with Gasteiger partial charge in [-0.3, -0.25) is 15.1 Å². The second-order valence-corrected chi connectivity index (χ2v) is 31.2. The van der Waals surface area contributed by atoms with Gasteiger partial charge < -0.3 is 34.1 Å². The lowest BCUT2D eigenvalue weighted by Crippen LogP contribution is -2.48. The van der Waals surface area contributed by atoms with E-state index < -0.39 is 39.2 Å². The summed E-state index contributed by atoms with van der Waals surface area (Å²) in [6, 6.07) is 5.03. The molecule has 3 saturated heterocycles. The highest BCUT2D eigenvalue weighted by Crippen LogP contribution is 2.47. The maximum atomic E-state index is 13.6. The van der Waals surface area contributed by atoms with Gasteiger partial charge in [-0.2, -0.15) is 9.61 Å². The number of nitrogens with zero attached hydrogens (tertiary/aromatic N) is 6. The molecule has 60 heavy (non-hydrogen) atoms. The van der Waals surface area contributed by atoms with E-state index in [0.29, 0.717) is 55.6 Å². The van der Waals surface area contributed by atoms with Gasteiger partial charge in [-0.05, 0) is 78.5 Å². The molecule has 3 aromatic rings. The number of hydrogen-bond donors (Lipinski definition) is 2. The Morgan fingerprint density at radius 2 is 1.60 bits per heavy atom. The van der Waals surface area contributed by atoms with Gasteiger partial charge in [0.05, 0.1) is 29.8 Å². The lowest BCUT2D eigenvalue weighted by Gasteiger charge is -2.40. The van der Waals surface area contributed by atoms with Crippen LogP contribution in [0.25, 0.3) is 22.5 Å². The van der Waals surface area contributed by atoms with Crippen LogP contribution in [0.15, 0.2) is 31.1 Å². The van der Waals surface area contributed by atoms with Crippen molar-refractivity contribution in [3.05, 3.63) is 48.1 Å². The molecule has 0 radical (unpaired) electrons. The Bertz CT molecular complexity index is 2040. The first-order chi connectivity index (χ1) is 28.1. The number of hydrogen-bond acceptors (Lipinski definition) is 11.